The molecule has 0 bridgehead atoms. The molecular formula is C26H22N2O4S. The Bertz CT molecular complexity index is 1240. The third kappa shape index (κ3) is 5.64. The number of ether oxygens (including phenoxy) is 2. The molecule has 0 aliphatic rings. The average molecular weight is 459 g/mol. The quantitative estimate of drug-likeness (QED) is 0.344. The van der Waals surface area contributed by atoms with Gasteiger partial charge in [0.05, 0.1) is 12.3 Å². The number of benzene rings is 3. The van der Waals surface area contributed by atoms with E-state index in [1.54, 1.807) is 24.3 Å². The molecule has 6 nitrogen and oxygen atoms in total. The molecule has 7 heteroatoms. The lowest BCUT2D eigenvalue weighted by Crippen LogP contribution is -2.21. The minimum absolute atomic E-state index is 0.280. The second-order valence-electron chi connectivity index (χ2n) is 7.03. The summed E-state index contributed by atoms with van der Waals surface area (Å²) in [4.78, 5) is 29.0. The van der Waals surface area contributed by atoms with E-state index in [0.29, 0.717) is 17.5 Å². The van der Waals surface area contributed by atoms with Gasteiger partial charge in [-0.05, 0) is 30.2 Å². The number of carbonyl (C=O) groups excluding carboxylic acids is 2. The molecule has 0 saturated heterocycles. The smallest absolute Gasteiger partial charge is 0.342 e. The van der Waals surface area contributed by atoms with E-state index in [1.165, 1.54) is 11.3 Å². The van der Waals surface area contributed by atoms with Gasteiger partial charge < -0.3 is 9.47 Å². The minimum atomic E-state index is -0.618. The van der Waals surface area contributed by atoms with Crippen LogP contribution >= 0.6 is 11.3 Å². The number of amides is 1. The van der Waals surface area contributed by atoms with Gasteiger partial charge in [-0.25, -0.2) is 9.78 Å². The van der Waals surface area contributed by atoms with Crippen molar-refractivity contribution in [2.75, 3.05) is 18.5 Å². The summed E-state index contributed by atoms with van der Waals surface area (Å²) in [5.74, 6) is -0.654. The van der Waals surface area contributed by atoms with Crippen molar-refractivity contribution in [3.05, 3.63) is 89.8 Å². The molecule has 0 atom stereocenters. The molecule has 1 amide bonds. The number of aromatic nitrogens is 1. The zero-order valence-electron chi connectivity index (χ0n) is 18.0. The summed E-state index contributed by atoms with van der Waals surface area (Å²) in [5, 5.41) is 4.99. The van der Waals surface area contributed by atoms with Gasteiger partial charge in [0.15, 0.2) is 11.7 Å². The number of carbonyl (C=O) groups is 2. The highest BCUT2D eigenvalue weighted by molar-refractivity contribution is 7.14. The number of para-hydroxylation sites is 1. The third-order valence-electron chi connectivity index (χ3n) is 4.78. The second kappa shape index (κ2) is 10.6. The van der Waals surface area contributed by atoms with Crippen LogP contribution in [0.15, 0.2) is 84.2 Å². The molecule has 3 aromatic carbocycles. The number of nitrogens with one attached hydrogen (secondary N) is 1. The van der Waals surface area contributed by atoms with Gasteiger partial charge in [-0.3, -0.25) is 10.1 Å². The zero-order chi connectivity index (χ0) is 23.0. The normalized spacial score (nSPS) is 10.5. The third-order valence-corrected chi connectivity index (χ3v) is 5.54. The van der Waals surface area contributed by atoms with Crippen LogP contribution in [0.4, 0.5) is 5.13 Å². The number of thiazole rings is 1. The van der Waals surface area contributed by atoms with E-state index >= 15 is 0 Å². The molecule has 4 aromatic rings. The van der Waals surface area contributed by atoms with Crippen LogP contribution in [0, 0.1) is 0 Å². The molecule has 4 rings (SSSR count). The van der Waals surface area contributed by atoms with Crippen LogP contribution < -0.4 is 10.1 Å². The van der Waals surface area contributed by atoms with E-state index in [9.17, 15) is 9.59 Å². The Morgan fingerprint density at radius 2 is 1.55 bits per heavy atom. The van der Waals surface area contributed by atoms with Crippen molar-refractivity contribution in [1.29, 1.82) is 0 Å². The van der Waals surface area contributed by atoms with Crippen LogP contribution in [-0.4, -0.2) is 30.1 Å². The van der Waals surface area contributed by atoms with Crippen LogP contribution in [0.3, 0.4) is 0 Å². The Kier molecular flexibility index (Phi) is 7.12. The highest BCUT2D eigenvalue weighted by Gasteiger charge is 2.16. The van der Waals surface area contributed by atoms with Gasteiger partial charge in [-0.1, -0.05) is 66.7 Å². The molecule has 1 aromatic heterocycles. The van der Waals surface area contributed by atoms with E-state index < -0.39 is 18.5 Å². The molecule has 0 aliphatic carbocycles. The number of hydrogen-bond donors (Lipinski definition) is 1. The van der Waals surface area contributed by atoms with Crippen molar-refractivity contribution >= 4 is 28.3 Å². The number of esters is 1. The minimum Gasteiger partial charge on any atom is -0.493 e. The molecule has 0 aliphatic heterocycles. The Morgan fingerprint density at radius 3 is 2.30 bits per heavy atom. The molecule has 1 heterocycles. The Hall–Kier alpha value is -3.97. The van der Waals surface area contributed by atoms with Crippen molar-refractivity contribution in [3.63, 3.8) is 0 Å². The van der Waals surface area contributed by atoms with Crippen molar-refractivity contribution in [2.45, 2.75) is 6.92 Å². The predicted octanol–water partition coefficient (Wildman–Crippen LogP) is 5.67. The van der Waals surface area contributed by atoms with E-state index in [-0.39, 0.29) is 5.56 Å². The SMILES string of the molecule is CCOc1ccccc1C(=O)OCC(=O)Nc1nc(-c2ccc(-c3ccccc3)cc2)cs1. The van der Waals surface area contributed by atoms with Gasteiger partial charge in [0.1, 0.15) is 11.3 Å². The van der Waals surface area contributed by atoms with E-state index in [4.69, 9.17) is 9.47 Å². The summed E-state index contributed by atoms with van der Waals surface area (Å²) in [6.45, 7) is 1.83. The summed E-state index contributed by atoms with van der Waals surface area (Å²) in [7, 11) is 0. The molecule has 0 saturated carbocycles. The van der Waals surface area contributed by atoms with Crippen LogP contribution in [0.1, 0.15) is 17.3 Å². The molecular weight excluding hydrogens is 436 g/mol. The molecule has 1 N–H and O–H groups in total. The van der Waals surface area contributed by atoms with Crippen molar-refractivity contribution < 1.29 is 19.1 Å². The standard InChI is InChI=1S/C26H22N2O4S/c1-2-31-23-11-7-6-10-21(23)25(30)32-16-24(29)28-26-27-22(17-33-26)20-14-12-19(13-15-20)18-8-4-3-5-9-18/h3-15,17H,2,16H2,1H3,(H,27,28,29). The maximum atomic E-state index is 12.3. The lowest BCUT2D eigenvalue weighted by molar-refractivity contribution is -0.119. The first-order valence-corrected chi connectivity index (χ1v) is 11.3. The van der Waals surface area contributed by atoms with Crippen LogP contribution in [0.25, 0.3) is 22.4 Å². The molecule has 166 valence electrons. The number of nitrogens with zero attached hydrogens (tertiary/aromatic N) is 1. The van der Waals surface area contributed by atoms with Crippen LogP contribution in [0.5, 0.6) is 5.75 Å². The van der Waals surface area contributed by atoms with Gasteiger partial charge in [0.2, 0.25) is 0 Å². The van der Waals surface area contributed by atoms with Gasteiger partial charge >= 0.3 is 5.97 Å². The first kappa shape index (κ1) is 22.2. The number of anilines is 1. The monoisotopic (exact) mass is 458 g/mol. The summed E-state index contributed by atoms with van der Waals surface area (Å²) in [6, 6.07) is 25.0. The second-order valence-corrected chi connectivity index (χ2v) is 7.89. The molecule has 0 unspecified atom stereocenters. The fourth-order valence-corrected chi connectivity index (χ4v) is 3.94. The zero-order valence-corrected chi connectivity index (χ0v) is 18.8. The average Bonchev–Trinajstić information content (AvgIpc) is 3.32. The molecule has 33 heavy (non-hydrogen) atoms. The van der Waals surface area contributed by atoms with Crippen molar-refractivity contribution in [2.24, 2.45) is 0 Å². The fourth-order valence-electron chi connectivity index (χ4n) is 3.21. The number of hydrogen-bond acceptors (Lipinski definition) is 6. The van der Waals surface area contributed by atoms with E-state index in [2.05, 4.69) is 22.4 Å². The first-order valence-electron chi connectivity index (χ1n) is 10.4. The predicted molar refractivity (Wildman–Crippen MR) is 130 cm³/mol. The maximum Gasteiger partial charge on any atom is 0.342 e. The lowest BCUT2D eigenvalue weighted by Gasteiger charge is -2.09. The highest BCUT2D eigenvalue weighted by atomic mass is 32.1. The summed E-state index contributed by atoms with van der Waals surface area (Å²) in [5.41, 5.74) is 4.26. The van der Waals surface area contributed by atoms with Crippen molar-refractivity contribution in [1.82, 2.24) is 4.98 Å². The topological polar surface area (TPSA) is 77.5 Å². The fraction of sp³-hybridized carbons (Fsp3) is 0.115. The first-order chi connectivity index (χ1) is 16.1. The Balaban J connectivity index is 1.34. The van der Waals surface area contributed by atoms with Gasteiger partial charge in [0, 0.05) is 10.9 Å². The lowest BCUT2D eigenvalue weighted by atomic mass is 10.0. The van der Waals surface area contributed by atoms with E-state index in [1.807, 2.05) is 54.8 Å². The Labute approximate surface area is 195 Å². The maximum absolute atomic E-state index is 12.3. The van der Waals surface area contributed by atoms with E-state index in [0.717, 1.165) is 22.4 Å². The van der Waals surface area contributed by atoms with Gasteiger partial charge in [-0.2, -0.15) is 0 Å². The summed E-state index contributed by atoms with van der Waals surface area (Å²) < 4.78 is 10.6. The van der Waals surface area contributed by atoms with Crippen molar-refractivity contribution in [3.8, 4) is 28.1 Å². The van der Waals surface area contributed by atoms with Gasteiger partial charge in [-0.15, -0.1) is 11.3 Å². The van der Waals surface area contributed by atoms with Crippen LogP contribution in [0.2, 0.25) is 0 Å². The van der Waals surface area contributed by atoms with Crippen LogP contribution in [-0.2, 0) is 9.53 Å². The molecule has 0 spiro atoms. The summed E-state index contributed by atoms with van der Waals surface area (Å²) in [6.07, 6.45) is 0. The van der Waals surface area contributed by atoms with Gasteiger partial charge in [0.25, 0.3) is 5.91 Å². The number of rotatable bonds is 8. The highest BCUT2D eigenvalue weighted by Crippen LogP contribution is 2.27. The summed E-state index contributed by atoms with van der Waals surface area (Å²) >= 11 is 1.31. The molecule has 0 radical (unpaired) electrons. The largest absolute Gasteiger partial charge is 0.493 e. The Morgan fingerprint density at radius 1 is 0.879 bits per heavy atom. The molecule has 0 fully saturated rings.